The van der Waals surface area contributed by atoms with E-state index in [9.17, 15) is 10.1 Å². The molecule has 1 heterocycles. The van der Waals surface area contributed by atoms with Gasteiger partial charge in [-0.1, -0.05) is 6.92 Å². The monoisotopic (exact) mass is 260 g/mol. The number of nitro groups is 1. The Hall–Kier alpha value is -2.21. The summed E-state index contributed by atoms with van der Waals surface area (Å²) in [6, 6.07) is 6.46. The van der Waals surface area contributed by atoms with Gasteiger partial charge >= 0.3 is 0 Å². The lowest BCUT2D eigenvalue weighted by Gasteiger charge is -2.04. The van der Waals surface area contributed by atoms with Gasteiger partial charge in [0.1, 0.15) is 0 Å². The maximum atomic E-state index is 10.6. The molecule has 0 radical (unpaired) electrons. The third-order valence-corrected chi connectivity index (χ3v) is 2.83. The Morgan fingerprint density at radius 3 is 2.74 bits per heavy atom. The molecule has 2 N–H and O–H groups in total. The topological polar surface area (TPSA) is 83.8 Å². The number of nitro benzene ring substituents is 1. The van der Waals surface area contributed by atoms with E-state index in [0.717, 1.165) is 36.3 Å². The maximum Gasteiger partial charge on any atom is 0.269 e. The molecule has 2 rings (SSSR count). The van der Waals surface area contributed by atoms with E-state index in [1.54, 1.807) is 18.3 Å². The Labute approximate surface area is 111 Å². The average Bonchev–Trinajstić information content (AvgIpc) is 2.87. The van der Waals surface area contributed by atoms with Crippen molar-refractivity contribution in [1.29, 1.82) is 0 Å². The van der Waals surface area contributed by atoms with Crippen LogP contribution in [0.3, 0.4) is 0 Å². The number of non-ortho nitro benzene ring substituents is 1. The number of nitrogens with zero attached hydrogens (tertiary/aromatic N) is 2. The zero-order valence-corrected chi connectivity index (χ0v) is 10.7. The molecule has 1 aromatic heterocycles. The molecular weight excluding hydrogens is 244 g/mol. The van der Waals surface area contributed by atoms with Crippen LogP contribution >= 0.6 is 0 Å². The second-order valence-electron chi connectivity index (χ2n) is 4.25. The van der Waals surface area contributed by atoms with Gasteiger partial charge in [0.25, 0.3) is 5.69 Å². The van der Waals surface area contributed by atoms with Crippen LogP contribution in [0.25, 0.3) is 11.3 Å². The van der Waals surface area contributed by atoms with E-state index in [2.05, 4.69) is 22.4 Å². The molecule has 0 saturated carbocycles. The van der Waals surface area contributed by atoms with Crippen LogP contribution in [-0.4, -0.2) is 21.7 Å². The molecule has 19 heavy (non-hydrogen) atoms. The highest BCUT2D eigenvalue weighted by Gasteiger charge is 2.09. The lowest BCUT2D eigenvalue weighted by molar-refractivity contribution is -0.384. The Morgan fingerprint density at radius 1 is 1.37 bits per heavy atom. The number of H-pyrrole nitrogens is 1. The fourth-order valence-corrected chi connectivity index (χ4v) is 1.84. The smallest absolute Gasteiger partial charge is 0.269 e. The molecule has 0 spiro atoms. The summed E-state index contributed by atoms with van der Waals surface area (Å²) >= 11 is 0. The van der Waals surface area contributed by atoms with Gasteiger partial charge in [0.2, 0.25) is 0 Å². The van der Waals surface area contributed by atoms with Crippen LogP contribution in [0.1, 0.15) is 18.9 Å². The van der Waals surface area contributed by atoms with Gasteiger partial charge in [0, 0.05) is 29.8 Å². The summed E-state index contributed by atoms with van der Waals surface area (Å²) in [5.41, 5.74) is 2.95. The standard InChI is InChI=1S/C13H16N4O2/c1-2-7-14-8-11-9-15-16-13(11)10-3-5-12(6-4-10)17(18)19/h3-6,9,14H,2,7-8H2,1H3,(H,15,16). The Balaban J connectivity index is 2.17. The summed E-state index contributed by atoms with van der Waals surface area (Å²) in [6.45, 7) is 3.79. The number of nitrogens with one attached hydrogen (secondary N) is 2. The van der Waals surface area contributed by atoms with Crippen LogP contribution in [0.5, 0.6) is 0 Å². The minimum absolute atomic E-state index is 0.0916. The van der Waals surface area contributed by atoms with E-state index < -0.39 is 4.92 Å². The first-order valence-electron chi connectivity index (χ1n) is 6.20. The first kappa shape index (κ1) is 13.2. The zero-order chi connectivity index (χ0) is 13.7. The normalized spacial score (nSPS) is 10.6. The van der Waals surface area contributed by atoms with Crippen molar-refractivity contribution in [3.63, 3.8) is 0 Å². The molecule has 100 valence electrons. The number of rotatable bonds is 6. The first-order chi connectivity index (χ1) is 9.22. The second kappa shape index (κ2) is 6.10. The molecule has 0 unspecified atom stereocenters. The van der Waals surface area contributed by atoms with Gasteiger partial charge in [-0.05, 0) is 25.1 Å². The van der Waals surface area contributed by atoms with Crippen molar-refractivity contribution in [2.45, 2.75) is 19.9 Å². The van der Waals surface area contributed by atoms with Crippen molar-refractivity contribution < 1.29 is 4.92 Å². The zero-order valence-electron chi connectivity index (χ0n) is 10.7. The molecular formula is C13H16N4O2. The van der Waals surface area contributed by atoms with Crippen molar-refractivity contribution in [3.8, 4) is 11.3 Å². The molecule has 0 bridgehead atoms. The van der Waals surface area contributed by atoms with Gasteiger partial charge in [-0.25, -0.2) is 0 Å². The predicted molar refractivity (Wildman–Crippen MR) is 72.7 cm³/mol. The largest absolute Gasteiger partial charge is 0.313 e. The number of hydrogen-bond acceptors (Lipinski definition) is 4. The van der Waals surface area contributed by atoms with Gasteiger partial charge < -0.3 is 5.32 Å². The fourth-order valence-electron chi connectivity index (χ4n) is 1.84. The predicted octanol–water partition coefficient (Wildman–Crippen LogP) is 2.48. The summed E-state index contributed by atoms with van der Waals surface area (Å²) in [4.78, 5) is 10.2. The third-order valence-electron chi connectivity index (χ3n) is 2.83. The summed E-state index contributed by atoms with van der Waals surface area (Å²) in [6.07, 6.45) is 2.85. The number of hydrogen-bond donors (Lipinski definition) is 2. The lowest BCUT2D eigenvalue weighted by atomic mass is 10.1. The van der Waals surface area contributed by atoms with Gasteiger partial charge in [-0.15, -0.1) is 0 Å². The highest BCUT2D eigenvalue weighted by atomic mass is 16.6. The molecule has 6 nitrogen and oxygen atoms in total. The molecule has 0 aliphatic heterocycles. The first-order valence-corrected chi connectivity index (χ1v) is 6.20. The van der Waals surface area contributed by atoms with E-state index in [4.69, 9.17) is 0 Å². The lowest BCUT2D eigenvalue weighted by Crippen LogP contribution is -2.13. The number of aromatic amines is 1. The van der Waals surface area contributed by atoms with Gasteiger partial charge in [-0.3, -0.25) is 15.2 Å². The molecule has 0 aliphatic carbocycles. The van der Waals surface area contributed by atoms with Gasteiger partial charge in [0.05, 0.1) is 16.8 Å². The molecule has 2 aromatic rings. The molecule has 1 aromatic carbocycles. The van der Waals surface area contributed by atoms with E-state index in [0.29, 0.717) is 0 Å². The summed E-state index contributed by atoms with van der Waals surface area (Å²) in [5.74, 6) is 0. The van der Waals surface area contributed by atoms with E-state index in [1.165, 1.54) is 12.1 Å². The summed E-state index contributed by atoms with van der Waals surface area (Å²) in [7, 11) is 0. The maximum absolute atomic E-state index is 10.6. The number of aromatic nitrogens is 2. The Bertz CT molecular complexity index is 548. The van der Waals surface area contributed by atoms with Crippen LogP contribution in [-0.2, 0) is 6.54 Å². The highest BCUT2D eigenvalue weighted by Crippen LogP contribution is 2.23. The minimum atomic E-state index is -0.402. The van der Waals surface area contributed by atoms with Crippen LogP contribution in [0.4, 0.5) is 5.69 Å². The van der Waals surface area contributed by atoms with Crippen molar-refractivity contribution >= 4 is 5.69 Å². The molecule has 0 saturated heterocycles. The van der Waals surface area contributed by atoms with Crippen LogP contribution in [0.15, 0.2) is 30.5 Å². The number of benzene rings is 1. The molecule has 0 amide bonds. The SMILES string of the molecule is CCCNCc1cn[nH]c1-c1ccc([N+](=O)[O-])cc1. The highest BCUT2D eigenvalue weighted by molar-refractivity contribution is 5.63. The van der Waals surface area contributed by atoms with E-state index >= 15 is 0 Å². The Morgan fingerprint density at radius 2 is 2.11 bits per heavy atom. The quantitative estimate of drug-likeness (QED) is 0.475. The third kappa shape index (κ3) is 3.17. The summed E-state index contributed by atoms with van der Waals surface area (Å²) < 4.78 is 0. The van der Waals surface area contributed by atoms with E-state index in [1.807, 2.05) is 0 Å². The van der Waals surface area contributed by atoms with Crippen molar-refractivity contribution in [1.82, 2.24) is 15.5 Å². The average molecular weight is 260 g/mol. The van der Waals surface area contributed by atoms with Crippen LogP contribution in [0, 0.1) is 10.1 Å². The van der Waals surface area contributed by atoms with Crippen molar-refractivity contribution in [2.75, 3.05) is 6.54 Å². The van der Waals surface area contributed by atoms with Gasteiger partial charge in [0.15, 0.2) is 0 Å². The molecule has 0 atom stereocenters. The second-order valence-corrected chi connectivity index (χ2v) is 4.25. The summed E-state index contributed by atoms with van der Waals surface area (Å²) in [5, 5.41) is 20.9. The van der Waals surface area contributed by atoms with Crippen LogP contribution < -0.4 is 5.32 Å². The van der Waals surface area contributed by atoms with E-state index in [-0.39, 0.29) is 5.69 Å². The van der Waals surface area contributed by atoms with Crippen molar-refractivity contribution in [2.24, 2.45) is 0 Å². The Kier molecular flexibility index (Phi) is 4.25. The fraction of sp³-hybridized carbons (Fsp3) is 0.308. The minimum Gasteiger partial charge on any atom is -0.313 e. The molecule has 0 fully saturated rings. The molecule has 6 heteroatoms. The molecule has 0 aliphatic rings. The van der Waals surface area contributed by atoms with Crippen LogP contribution in [0.2, 0.25) is 0 Å². The van der Waals surface area contributed by atoms with Gasteiger partial charge in [-0.2, -0.15) is 5.10 Å². The van der Waals surface area contributed by atoms with Crippen molar-refractivity contribution in [3.05, 3.63) is 46.1 Å².